The Labute approximate surface area is 149 Å². The summed E-state index contributed by atoms with van der Waals surface area (Å²) >= 11 is 0. The van der Waals surface area contributed by atoms with E-state index in [1.54, 1.807) is 5.06 Å². The molecule has 1 aromatic heterocycles. The van der Waals surface area contributed by atoms with Crippen LogP contribution in [-0.2, 0) is 9.57 Å². The van der Waals surface area contributed by atoms with Gasteiger partial charge in [-0.2, -0.15) is 0 Å². The van der Waals surface area contributed by atoms with Crippen LogP contribution in [0, 0.1) is 5.82 Å². The monoisotopic (exact) mass is 355 g/mol. The standard InChI is InChI=1S/C20H18FNO4/c1-2-24-19-11-17(22(26-19)14-6-4-3-5-7-14)16-12-25-18-9-8-13(21)10-15(18)20(16)23/h3-10,12,17,19H,2,11H2,1H3/t17-,19+/m0/s1. The lowest BCUT2D eigenvalue weighted by molar-refractivity contribution is -0.115. The second-order valence-electron chi connectivity index (χ2n) is 6.06. The van der Waals surface area contributed by atoms with E-state index in [0.29, 0.717) is 24.2 Å². The number of hydroxylamine groups is 1. The van der Waals surface area contributed by atoms with E-state index >= 15 is 0 Å². The molecule has 0 unspecified atom stereocenters. The molecule has 0 radical (unpaired) electrons. The molecular formula is C20H18FNO4. The molecule has 134 valence electrons. The van der Waals surface area contributed by atoms with Gasteiger partial charge in [-0.1, -0.05) is 18.2 Å². The van der Waals surface area contributed by atoms with Crippen molar-refractivity contribution in [2.45, 2.75) is 25.7 Å². The third-order valence-corrected chi connectivity index (χ3v) is 4.41. The highest BCUT2D eigenvalue weighted by molar-refractivity contribution is 5.77. The van der Waals surface area contributed by atoms with Gasteiger partial charge < -0.3 is 9.15 Å². The summed E-state index contributed by atoms with van der Waals surface area (Å²) in [5.41, 5.74) is 1.30. The van der Waals surface area contributed by atoms with E-state index in [1.807, 2.05) is 37.3 Å². The summed E-state index contributed by atoms with van der Waals surface area (Å²) in [5, 5.41) is 1.88. The fourth-order valence-electron chi connectivity index (χ4n) is 3.22. The molecule has 0 spiro atoms. The van der Waals surface area contributed by atoms with Gasteiger partial charge in [0.15, 0.2) is 11.7 Å². The van der Waals surface area contributed by atoms with Crippen LogP contribution >= 0.6 is 0 Å². The molecule has 5 nitrogen and oxygen atoms in total. The van der Waals surface area contributed by atoms with Gasteiger partial charge in [0.1, 0.15) is 17.7 Å². The summed E-state index contributed by atoms with van der Waals surface area (Å²) in [6.07, 6.45) is 1.43. The number of ether oxygens (including phenoxy) is 1. The molecule has 0 N–H and O–H groups in total. The Kier molecular flexibility index (Phi) is 4.44. The average Bonchev–Trinajstić information content (AvgIpc) is 3.07. The molecule has 26 heavy (non-hydrogen) atoms. The summed E-state index contributed by atoms with van der Waals surface area (Å²) in [4.78, 5) is 18.9. The van der Waals surface area contributed by atoms with Crippen molar-refractivity contribution >= 4 is 16.7 Å². The first-order chi connectivity index (χ1) is 12.7. The number of halogens is 1. The lowest BCUT2D eigenvalue weighted by Gasteiger charge is -2.24. The maximum absolute atomic E-state index is 13.6. The van der Waals surface area contributed by atoms with E-state index in [1.165, 1.54) is 24.5 Å². The van der Waals surface area contributed by atoms with Crippen molar-refractivity contribution in [3.05, 3.63) is 76.4 Å². The summed E-state index contributed by atoms with van der Waals surface area (Å²) < 4.78 is 24.8. The number of hydrogen-bond acceptors (Lipinski definition) is 5. The van der Waals surface area contributed by atoms with E-state index < -0.39 is 18.1 Å². The highest BCUT2D eigenvalue weighted by atomic mass is 19.1. The first-order valence-electron chi connectivity index (χ1n) is 8.51. The van der Waals surface area contributed by atoms with Crippen LogP contribution in [0.25, 0.3) is 11.0 Å². The van der Waals surface area contributed by atoms with Gasteiger partial charge in [0, 0.05) is 13.0 Å². The zero-order valence-corrected chi connectivity index (χ0v) is 14.2. The quantitative estimate of drug-likeness (QED) is 0.703. The van der Waals surface area contributed by atoms with Crippen LogP contribution < -0.4 is 10.5 Å². The molecule has 0 amide bonds. The topological polar surface area (TPSA) is 51.9 Å². The van der Waals surface area contributed by atoms with Crippen LogP contribution in [0.4, 0.5) is 10.1 Å². The Balaban J connectivity index is 1.80. The van der Waals surface area contributed by atoms with Crippen molar-refractivity contribution in [2.24, 2.45) is 0 Å². The molecule has 1 aliphatic heterocycles. The third-order valence-electron chi connectivity index (χ3n) is 4.41. The Morgan fingerprint density at radius 2 is 2.04 bits per heavy atom. The van der Waals surface area contributed by atoms with E-state index in [4.69, 9.17) is 14.0 Å². The summed E-state index contributed by atoms with van der Waals surface area (Å²) in [5.74, 6) is -0.475. The molecule has 0 aliphatic carbocycles. The van der Waals surface area contributed by atoms with Gasteiger partial charge in [-0.25, -0.2) is 14.3 Å². The van der Waals surface area contributed by atoms with Crippen LogP contribution in [0.5, 0.6) is 0 Å². The molecule has 6 heteroatoms. The minimum absolute atomic E-state index is 0.218. The van der Waals surface area contributed by atoms with Crippen molar-refractivity contribution in [1.29, 1.82) is 0 Å². The Bertz CT molecular complexity index is 972. The molecule has 1 saturated heterocycles. The number of fused-ring (bicyclic) bond motifs is 1. The molecule has 2 heterocycles. The Morgan fingerprint density at radius 3 is 2.81 bits per heavy atom. The molecule has 1 aliphatic rings. The predicted molar refractivity (Wildman–Crippen MR) is 95.2 cm³/mol. The maximum Gasteiger partial charge on any atom is 0.198 e. The lowest BCUT2D eigenvalue weighted by atomic mass is 10.0. The summed E-state index contributed by atoms with van der Waals surface area (Å²) in [6.45, 7) is 2.38. The fourth-order valence-corrected chi connectivity index (χ4v) is 3.22. The number of rotatable bonds is 4. The molecule has 0 saturated carbocycles. The van der Waals surface area contributed by atoms with Gasteiger partial charge in [0.05, 0.1) is 22.7 Å². The lowest BCUT2D eigenvalue weighted by Crippen LogP contribution is -2.26. The SMILES string of the molecule is CCO[C@H]1C[C@@H](c2coc3ccc(F)cc3c2=O)N(c2ccccc2)O1. The van der Waals surface area contributed by atoms with Gasteiger partial charge in [-0.15, -0.1) is 0 Å². The van der Waals surface area contributed by atoms with Crippen LogP contribution in [0.1, 0.15) is 24.9 Å². The maximum atomic E-state index is 13.6. The normalized spacial score (nSPS) is 20.0. The van der Waals surface area contributed by atoms with Crippen molar-refractivity contribution in [3.8, 4) is 0 Å². The van der Waals surface area contributed by atoms with Gasteiger partial charge in [-0.05, 0) is 37.3 Å². The average molecular weight is 355 g/mol. The van der Waals surface area contributed by atoms with Gasteiger partial charge in [0.2, 0.25) is 0 Å². The van der Waals surface area contributed by atoms with Crippen LogP contribution in [0.2, 0.25) is 0 Å². The fraction of sp³-hybridized carbons (Fsp3) is 0.250. The molecule has 0 bridgehead atoms. The molecular weight excluding hydrogens is 337 g/mol. The Morgan fingerprint density at radius 1 is 1.23 bits per heavy atom. The molecule has 3 aromatic rings. The number of benzene rings is 2. The van der Waals surface area contributed by atoms with E-state index in [9.17, 15) is 9.18 Å². The zero-order valence-electron chi connectivity index (χ0n) is 14.2. The molecule has 4 rings (SSSR count). The molecule has 2 atom stereocenters. The number of para-hydroxylation sites is 1. The van der Waals surface area contributed by atoms with Crippen LogP contribution in [0.3, 0.4) is 0 Å². The van der Waals surface area contributed by atoms with Gasteiger partial charge >= 0.3 is 0 Å². The van der Waals surface area contributed by atoms with E-state index in [2.05, 4.69) is 0 Å². The van der Waals surface area contributed by atoms with E-state index in [0.717, 1.165) is 5.69 Å². The van der Waals surface area contributed by atoms with E-state index in [-0.39, 0.29) is 10.8 Å². The first-order valence-corrected chi connectivity index (χ1v) is 8.51. The molecule has 2 aromatic carbocycles. The second-order valence-corrected chi connectivity index (χ2v) is 6.06. The van der Waals surface area contributed by atoms with Gasteiger partial charge in [0.25, 0.3) is 0 Å². The number of nitrogens with zero attached hydrogens (tertiary/aromatic N) is 1. The highest BCUT2D eigenvalue weighted by Crippen LogP contribution is 2.37. The van der Waals surface area contributed by atoms with Crippen molar-refractivity contribution < 1.29 is 18.4 Å². The van der Waals surface area contributed by atoms with Gasteiger partial charge in [-0.3, -0.25) is 4.79 Å². The minimum Gasteiger partial charge on any atom is -0.464 e. The third kappa shape index (κ3) is 2.98. The van der Waals surface area contributed by atoms with Crippen molar-refractivity contribution in [1.82, 2.24) is 0 Å². The predicted octanol–water partition coefficient (Wildman–Crippen LogP) is 4.18. The first kappa shape index (κ1) is 16.8. The van der Waals surface area contributed by atoms with Crippen molar-refractivity contribution in [2.75, 3.05) is 11.7 Å². The summed E-state index contributed by atoms with van der Waals surface area (Å²) in [7, 11) is 0. The van der Waals surface area contributed by atoms with Crippen molar-refractivity contribution in [3.63, 3.8) is 0 Å². The Hall–Kier alpha value is -2.70. The second kappa shape index (κ2) is 6.90. The molecule has 1 fully saturated rings. The summed E-state index contributed by atoms with van der Waals surface area (Å²) in [6, 6.07) is 13.0. The van der Waals surface area contributed by atoms with Crippen LogP contribution in [-0.4, -0.2) is 12.9 Å². The minimum atomic E-state index is -0.475. The zero-order chi connectivity index (χ0) is 18.1. The number of anilines is 1. The largest absolute Gasteiger partial charge is 0.464 e. The highest BCUT2D eigenvalue weighted by Gasteiger charge is 2.37. The van der Waals surface area contributed by atoms with Crippen LogP contribution in [0.15, 0.2) is 64.0 Å². The smallest absolute Gasteiger partial charge is 0.198 e. The number of hydrogen-bond donors (Lipinski definition) is 0.